The molecule has 0 bridgehead atoms. The van der Waals surface area contributed by atoms with Gasteiger partial charge in [0, 0.05) is 17.8 Å². The van der Waals surface area contributed by atoms with Gasteiger partial charge in [0.25, 0.3) is 11.2 Å². The highest BCUT2D eigenvalue weighted by molar-refractivity contribution is 9.09. The number of alkyl halides is 1. The number of aromatic nitrogens is 1. The van der Waals surface area contributed by atoms with Crippen LogP contribution in [0, 0.1) is 22.0 Å². The summed E-state index contributed by atoms with van der Waals surface area (Å²) >= 11 is 3.18. The molecule has 1 heterocycles. The second-order valence-electron chi connectivity index (χ2n) is 2.60. The average Bonchev–Trinajstić information content (AvgIpc) is 2.20. The lowest BCUT2D eigenvalue weighted by Gasteiger charge is -1.91. The van der Waals surface area contributed by atoms with Gasteiger partial charge in [-0.3, -0.25) is 14.9 Å². The average molecular weight is 271 g/mol. The van der Waals surface area contributed by atoms with E-state index in [1.165, 1.54) is 6.07 Å². The molecule has 0 fully saturated rings. The van der Waals surface area contributed by atoms with Crippen LogP contribution in [0.25, 0.3) is 0 Å². The van der Waals surface area contributed by atoms with Gasteiger partial charge in [-0.15, -0.1) is 0 Å². The summed E-state index contributed by atoms with van der Waals surface area (Å²) in [5, 5.41) is 11.1. The first-order valence-electron chi connectivity index (χ1n) is 4.07. The van der Waals surface area contributed by atoms with E-state index in [0.717, 1.165) is 6.20 Å². The van der Waals surface area contributed by atoms with Crippen molar-refractivity contribution < 1.29 is 4.92 Å². The number of nitrogens with zero attached hydrogens (tertiary/aromatic N) is 1. The second-order valence-corrected chi connectivity index (χ2v) is 3.39. The zero-order valence-electron chi connectivity index (χ0n) is 7.62. The summed E-state index contributed by atoms with van der Waals surface area (Å²) in [6.07, 6.45) is 1.64. The van der Waals surface area contributed by atoms with E-state index in [4.69, 9.17) is 0 Å². The Morgan fingerprint density at radius 2 is 2.33 bits per heavy atom. The van der Waals surface area contributed by atoms with Crippen molar-refractivity contribution >= 4 is 21.6 Å². The number of nitrogens with one attached hydrogen (secondary N) is 1. The zero-order valence-corrected chi connectivity index (χ0v) is 9.20. The SMILES string of the molecule is O=c1[nH]cc([N+](=O)[O-])cc1C#CCCBr. The largest absolute Gasteiger partial charge is 0.322 e. The van der Waals surface area contributed by atoms with Gasteiger partial charge < -0.3 is 4.98 Å². The second kappa shape index (κ2) is 5.32. The van der Waals surface area contributed by atoms with Crippen molar-refractivity contribution in [3.63, 3.8) is 0 Å². The van der Waals surface area contributed by atoms with Crippen LogP contribution in [0.3, 0.4) is 0 Å². The first kappa shape index (κ1) is 11.5. The van der Waals surface area contributed by atoms with Crippen LogP contribution in [0.5, 0.6) is 0 Å². The first-order chi connectivity index (χ1) is 7.15. The number of hydrogen-bond donors (Lipinski definition) is 1. The molecule has 0 radical (unpaired) electrons. The molecule has 0 unspecified atom stereocenters. The number of rotatable bonds is 2. The molecule has 0 amide bonds. The Labute approximate surface area is 93.8 Å². The minimum absolute atomic E-state index is 0.116. The third-order valence-corrected chi connectivity index (χ3v) is 1.94. The van der Waals surface area contributed by atoms with Crippen molar-refractivity contribution in [1.82, 2.24) is 4.98 Å². The number of halogens is 1. The highest BCUT2D eigenvalue weighted by Crippen LogP contribution is 2.07. The van der Waals surface area contributed by atoms with E-state index in [9.17, 15) is 14.9 Å². The summed E-state index contributed by atoms with van der Waals surface area (Å²) in [4.78, 5) is 23.3. The molecule has 15 heavy (non-hydrogen) atoms. The van der Waals surface area contributed by atoms with Crippen LogP contribution in [0.1, 0.15) is 12.0 Å². The van der Waals surface area contributed by atoms with Crippen LogP contribution in [0.15, 0.2) is 17.1 Å². The van der Waals surface area contributed by atoms with Crippen LogP contribution < -0.4 is 5.56 Å². The van der Waals surface area contributed by atoms with Gasteiger partial charge in [0.2, 0.25) is 0 Å². The molecule has 6 heteroatoms. The minimum atomic E-state index is -0.578. The van der Waals surface area contributed by atoms with Crippen molar-refractivity contribution in [3.8, 4) is 11.8 Å². The summed E-state index contributed by atoms with van der Waals surface area (Å²) in [7, 11) is 0. The van der Waals surface area contributed by atoms with Gasteiger partial charge in [-0.25, -0.2) is 0 Å². The summed E-state index contributed by atoms with van der Waals surface area (Å²) in [5.74, 6) is 5.30. The van der Waals surface area contributed by atoms with E-state index in [2.05, 4.69) is 32.8 Å². The van der Waals surface area contributed by atoms with Crippen molar-refractivity contribution in [1.29, 1.82) is 0 Å². The number of nitro groups is 1. The van der Waals surface area contributed by atoms with Crippen LogP contribution in [-0.4, -0.2) is 15.2 Å². The van der Waals surface area contributed by atoms with Crippen LogP contribution in [0.2, 0.25) is 0 Å². The lowest BCUT2D eigenvalue weighted by atomic mass is 10.2. The molecular weight excluding hydrogens is 264 g/mol. The Bertz CT molecular complexity index is 484. The van der Waals surface area contributed by atoms with Crippen LogP contribution in [0.4, 0.5) is 5.69 Å². The zero-order chi connectivity index (χ0) is 11.3. The van der Waals surface area contributed by atoms with E-state index in [1.54, 1.807) is 0 Å². The molecule has 0 aromatic carbocycles. The fraction of sp³-hybridized carbons (Fsp3) is 0.222. The standard InChI is InChI=1S/C9H7BrN2O3/c10-4-2-1-3-7-5-8(12(14)15)6-11-9(7)13/h5-6H,2,4H2,(H,11,13). The Hall–Kier alpha value is -1.61. The lowest BCUT2D eigenvalue weighted by Crippen LogP contribution is -2.09. The maximum atomic E-state index is 11.2. The summed E-state index contributed by atoms with van der Waals surface area (Å²) in [5.41, 5.74) is -0.467. The third kappa shape index (κ3) is 3.22. The summed E-state index contributed by atoms with van der Waals surface area (Å²) in [6, 6.07) is 1.17. The fourth-order valence-corrected chi connectivity index (χ4v) is 1.07. The fourth-order valence-electron chi connectivity index (χ4n) is 0.876. The van der Waals surface area contributed by atoms with Gasteiger partial charge in [0.1, 0.15) is 0 Å². The van der Waals surface area contributed by atoms with Crippen molar-refractivity contribution in [2.75, 3.05) is 5.33 Å². The van der Waals surface area contributed by atoms with E-state index in [0.29, 0.717) is 11.8 Å². The van der Waals surface area contributed by atoms with E-state index >= 15 is 0 Å². The third-order valence-electron chi connectivity index (χ3n) is 1.54. The molecule has 0 aliphatic rings. The molecule has 5 nitrogen and oxygen atoms in total. The molecule has 0 atom stereocenters. The molecule has 0 saturated carbocycles. The lowest BCUT2D eigenvalue weighted by molar-refractivity contribution is -0.385. The predicted molar refractivity (Wildman–Crippen MR) is 59.0 cm³/mol. The molecule has 0 aliphatic carbocycles. The number of hydrogen-bond acceptors (Lipinski definition) is 3. The number of aromatic amines is 1. The molecule has 78 valence electrons. The van der Waals surface area contributed by atoms with Crippen molar-refractivity contribution in [3.05, 3.63) is 38.3 Å². The van der Waals surface area contributed by atoms with Crippen molar-refractivity contribution in [2.45, 2.75) is 6.42 Å². The minimum Gasteiger partial charge on any atom is -0.322 e. The Morgan fingerprint density at radius 1 is 1.60 bits per heavy atom. The molecule has 1 rings (SSSR count). The van der Waals surface area contributed by atoms with Crippen molar-refractivity contribution in [2.24, 2.45) is 0 Å². The molecule has 1 aromatic heterocycles. The number of H-pyrrole nitrogens is 1. The molecule has 1 N–H and O–H groups in total. The molecule has 0 spiro atoms. The number of pyridine rings is 1. The predicted octanol–water partition coefficient (Wildman–Crippen LogP) is 1.42. The molecule has 0 aliphatic heterocycles. The summed E-state index contributed by atoms with van der Waals surface area (Å²) in [6.45, 7) is 0. The van der Waals surface area contributed by atoms with E-state index in [-0.39, 0.29) is 11.3 Å². The first-order valence-corrected chi connectivity index (χ1v) is 5.19. The van der Waals surface area contributed by atoms with Gasteiger partial charge in [-0.1, -0.05) is 27.8 Å². The van der Waals surface area contributed by atoms with E-state index < -0.39 is 10.5 Å². The Kier molecular flexibility index (Phi) is 4.06. The van der Waals surface area contributed by atoms with Crippen LogP contribution in [-0.2, 0) is 0 Å². The highest BCUT2D eigenvalue weighted by Gasteiger charge is 2.07. The van der Waals surface area contributed by atoms with Gasteiger partial charge in [-0.2, -0.15) is 0 Å². The smallest absolute Gasteiger partial charge is 0.286 e. The normalized spacial score (nSPS) is 9.13. The van der Waals surface area contributed by atoms with Gasteiger partial charge in [0.05, 0.1) is 16.7 Å². The van der Waals surface area contributed by atoms with E-state index in [1.807, 2.05) is 0 Å². The maximum Gasteiger partial charge on any atom is 0.286 e. The van der Waals surface area contributed by atoms with Gasteiger partial charge in [0.15, 0.2) is 0 Å². The topological polar surface area (TPSA) is 76.0 Å². The Balaban J connectivity index is 3.08. The molecule has 0 saturated heterocycles. The quantitative estimate of drug-likeness (QED) is 0.382. The Morgan fingerprint density at radius 3 is 2.93 bits per heavy atom. The monoisotopic (exact) mass is 270 g/mol. The van der Waals surface area contributed by atoms with Crippen LogP contribution >= 0.6 is 15.9 Å². The van der Waals surface area contributed by atoms with Gasteiger partial charge in [-0.05, 0) is 0 Å². The molecular formula is C9H7BrN2O3. The highest BCUT2D eigenvalue weighted by atomic mass is 79.9. The molecule has 1 aromatic rings. The maximum absolute atomic E-state index is 11.2. The summed E-state index contributed by atoms with van der Waals surface area (Å²) < 4.78 is 0. The van der Waals surface area contributed by atoms with Gasteiger partial charge >= 0.3 is 0 Å².